The van der Waals surface area contributed by atoms with Crippen LogP contribution in [0, 0.1) is 0 Å². The summed E-state index contributed by atoms with van der Waals surface area (Å²) in [5.41, 5.74) is 7.01. The summed E-state index contributed by atoms with van der Waals surface area (Å²) in [6.45, 7) is 2.64. The first-order chi connectivity index (χ1) is 9.63. The first-order valence-electron chi connectivity index (χ1n) is 7.01. The molecule has 2 unspecified atom stereocenters. The lowest BCUT2D eigenvalue weighted by atomic mass is 10.00. The van der Waals surface area contributed by atoms with E-state index in [0.29, 0.717) is 36.3 Å². The Kier molecular flexibility index (Phi) is 3.22. The number of ether oxygens (including phenoxy) is 1. The van der Waals surface area contributed by atoms with Crippen LogP contribution in [-0.2, 0) is 4.74 Å². The molecule has 2 amide bonds. The standard InChI is InChI=1S/C15H18N2O3/c1-2-10-8-9(6-7-20-10)17-14(18)11-4-3-5-12(16)13(11)15(17)19/h3-5,9-10H,2,6-8,16H2,1H3. The molecule has 0 radical (unpaired) electrons. The highest BCUT2D eigenvalue weighted by molar-refractivity contribution is 6.23. The van der Waals surface area contributed by atoms with E-state index in [2.05, 4.69) is 0 Å². The highest BCUT2D eigenvalue weighted by Crippen LogP contribution is 2.32. The number of rotatable bonds is 2. The van der Waals surface area contributed by atoms with E-state index < -0.39 is 0 Å². The molecule has 0 saturated carbocycles. The Labute approximate surface area is 117 Å². The van der Waals surface area contributed by atoms with Gasteiger partial charge < -0.3 is 10.5 Å². The van der Waals surface area contributed by atoms with Gasteiger partial charge in [0.2, 0.25) is 0 Å². The van der Waals surface area contributed by atoms with E-state index in [-0.39, 0.29) is 24.0 Å². The summed E-state index contributed by atoms with van der Waals surface area (Å²) < 4.78 is 5.61. The Bertz CT molecular complexity index is 570. The monoisotopic (exact) mass is 274 g/mol. The molecule has 1 aromatic rings. The predicted octanol–water partition coefficient (Wildman–Crippen LogP) is 1.82. The molecule has 0 bridgehead atoms. The molecular formula is C15H18N2O3. The van der Waals surface area contributed by atoms with Gasteiger partial charge in [-0.15, -0.1) is 0 Å². The summed E-state index contributed by atoms with van der Waals surface area (Å²) >= 11 is 0. The molecule has 2 heterocycles. The van der Waals surface area contributed by atoms with Gasteiger partial charge in [-0.05, 0) is 31.4 Å². The molecule has 0 aliphatic carbocycles. The van der Waals surface area contributed by atoms with E-state index in [0.717, 1.165) is 6.42 Å². The molecule has 2 N–H and O–H groups in total. The Morgan fingerprint density at radius 2 is 2.15 bits per heavy atom. The molecule has 2 aliphatic rings. The number of carbonyl (C=O) groups is 2. The van der Waals surface area contributed by atoms with Crippen LogP contribution in [0.5, 0.6) is 0 Å². The van der Waals surface area contributed by atoms with Gasteiger partial charge in [0.15, 0.2) is 0 Å². The van der Waals surface area contributed by atoms with E-state index in [1.165, 1.54) is 4.90 Å². The molecule has 0 spiro atoms. The quantitative estimate of drug-likeness (QED) is 0.659. The third kappa shape index (κ3) is 1.89. The summed E-state index contributed by atoms with van der Waals surface area (Å²) in [5, 5.41) is 0. The van der Waals surface area contributed by atoms with Gasteiger partial charge >= 0.3 is 0 Å². The van der Waals surface area contributed by atoms with Crippen molar-refractivity contribution in [3.05, 3.63) is 29.3 Å². The maximum Gasteiger partial charge on any atom is 0.263 e. The van der Waals surface area contributed by atoms with Crippen molar-refractivity contribution < 1.29 is 14.3 Å². The molecule has 2 aliphatic heterocycles. The largest absolute Gasteiger partial charge is 0.398 e. The molecular weight excluding hydrogens is 256 g/mol. The van der Waals surface area contributed by atoms with Crippen LogP contribution in [-0.4, -0.2) is 35.5 Å². The van der Waals surface area contributed by atoms with Crippen LogP contribution in [0.25, 0.3) is 0 Å². The van der Waals surface area contributed by atoms with Crippen LogP contribution in [0.4, 0.5) is 5.69 Å². The zero-order chi connectivity index (χ0) is 14.3. The van der Waals surface area contributed by atoms with Crippen molar-refractivity contribution in [2.75, 3.05) is 12.3 Å². The minimum atomic E-state index is -0.259. The van der Waals surface area contributed by atoms with E-state index in [1.54, 1.807) is 18.2 Å². The number of nitrogen functional groups attached to an aromatic ring is 1. The van der Waals surface area contributed by atoms with E-state index >= 15 is 0 Å². The SMILES string of the molecule is CCC1CC(N2C(=O)c3cccc(N)c3C2=O)CCO1. The second kappa shape index (κ2) is 4.90. The van der Waals surface area contributed by atoms with Gasteiger partial charge in [0.1, 0.15) is 0 Å². The highest BCUT2D eigenvalue weighted by Gasteiger charge is 2.42. The number of anilines is 1. The van der Waals surface area contributed by atoms with E-state index in [1.807, 2.05) is 6.92 Å². The average molecular weight is 274 g/mol. The summed E-state index contributed by atoms with van der Waals surface area (Å²) in [7, 11) is 0. The lowest BCUT2D eigenvalue weighted by Crippen LogP contribution is -2.45. The maximum atomic E-state index is 12.5. The third-order valence-corrected chi connectivity index (χ3v) is 4.14. The van der Waals surface area contributed by atoms with Crippen LogP contribution in [0.15, 0.2) is 18.2 Å². The topological polar surface area (TPSA) is 72.6 Å². The molecule has 20 heavy (non-hydrogen) atoms. The van der Waals surface area contributed by atoms with Crippen molar-refractivity contribution in [1.29, 1.82) is 0 Å². The van der Waals surface area contributed by atoms with Crippen LogP contribution in [0.3, 0.4) is 0 Å². The van der Waals surface area contributed by atoms with E-state index in [4.69, 9.17) is 10.5 Å². The average Bonchev–Trinajstić information content (AvgIpc) is 2.72. The Hall–Kier alpha value is -1.88. The van der Waals surface area contributed by atoms with Crippen LogP contribution < -0.4 is 5.73 Å². The van der Waals surface area contributed by atoms with Crippen LogP contribution >= 0.6 is 0 Å². The highest BCUT2D eigenvalue weighted by atomic mass is 16.5. The molecule has 5 heteroatoms. The second-order valence-electron chi connectivity index (χ2n) is 5.33. The summed E-state index contributed by atoms with van der Waals surface area (Å²) in [6, 6.07) is 4.96. The Balaban J connectivity index is 1.92. The molecule has 106 valence electrons. The first-order valence-corrected chi connectivity index (χ1v) is 7.01. The molecule has 3 rings (SSSR count). The number of carbonyl (C=O) groups excluding carboxylic acids is 2. The first kappa shape index (κ1) is 13.1. The molecule has 1 fully saturated rings. The Morgan fingerprint density at radius 3 is 2.85 bits per heavy atom. The number of nitrogens with two attached hydrogens (primary N) is 1. The minimum Gasteiger partial charge on any atom is -0.398 e. The zero-order valence-corrected chi connectivity index (χ0v) is 11.5. The van der Waals surface area contributed by atoms with Crippen LogP contribution in [0.2, 0.25) is 0 Å². The van der Waals surface area contributed by atoms with Gasteiger partial charge in [-0.25, -0.2) is 0 Å². The van der Waals surface area contributed by atoms with Gasteiger partial charge in [-0.1, -0.05) is 13.0 Å². The van der Waals surface area contributed by atoms with Gasteiger partial charge in [-0.2, -0.15) is 0 Å². The van der Waals surface area contributed by atoms with Crippen molar-refractivity contribution in [2.45, 2.75) is 38.3 Å². The number of hydrogen-bond acceptors (Lipinski definition) is 4. The molecule has 1 aromatic carbocycles. The fourth-order valence-corrected chi connectivity index (χ4v) is 3.04. The van der Waals surface area contributed by atoms with E-state index in [9.17, 15) is 9.59 Å². The van der Waals surface area contributed by atoms with Crippen molar-refractivity contribution >= 4 is 17.5 Å². The summed E-state index contributed by atoms with van der Waals surface area (Å²) in [5.74, 6) is -0.482. The number of imide groups is 1. The predicted molar refractivity (Wildman–Crippen MR) is 74.4 cm³/mol. The smallest absolute Gasteiger partial charge is 0.263 e. The lowest BCUT2D eigenvalue weighted by molar-refractivity contribution is -0.0190. The fourth-order valence-electron chi connectivity index (χ4n) is 3.04. The molecule has 1 saturated heterocycles. The number of fused-ring (bicyclic) bond motifs is 1. The maximum absolute atomic E-state index is 12.5. The third-order valence-electron chi connectivity index (χ3n) is 4.14. The number of hydrogen-bond donors (Lipinski definition) is 1. The van der Waals surface area contributed by atoms with Crippen molar-refractivity contribution in [3.63, 3.8) is 0 Å². The summed E-state index contributed by atoms with van der Waals surface area (Å²) in [6.07, 6.45) is 2.42. The van der Waals surface area contributed by atoms with Crippen LogP contribution in [0.1, 0.15) is 46.9 Å². The fraction of sp³-hybridized carbons (Fsp3) is 0.467. The van der Waals surface area contributed by atoms with Gasteiger partial charge in [-0.3, -0.25) is 14.5 Å². The minimum absolute atomic E-state index is 0.0829. The van der Waals surface area contributed by atoms with Gasteiger partial charge in [0.25, 0.3) is 11.8 Å². The van der Waals surface area contributed by atoms with Crippen molar-refractivity contribution in [2.24, 2.45) is 0 Å². The molecule has 2 atom stereocenters. The molecule has 5 nitrogen and oxygen atoms in total. The van der Waals surface area contributed by atoms with Crippen molar-refractivity contribution in [1.82, 2.24) is 4.90 Å². The zero-order valence-electron chi connectivity index (χ0n) is 11.5. The van der Waals surface area contributed by atoms with Crippen molar-refractivity contribution in [3.8, 4) is 0 Å². The summed E-state index contributed by atoms with van der Waals surface area (Å²) in [4.78, 5) is 26.4. The van der Waals surface area contributed by atoms with Gasteiger partial charge in [0, 0.05) is 18.3 Å². The Morgan fingerprint density at radius 1 is 1.35 bits per heavy atom. The normalized spacial score (nSPS) is 25.9. The second-order valence-corrected chi connectivity index (χ2v) is 5.33. The molecule has 0 aromatic heterocycles. The van der Waals surface area contributed by atoms with Gasteiger partial charge in [0.05, 0.1) is 17.2 Å². The lowest BCUT2D eigenvalue weighted by Gasteiger charge is -2.33. The number of nitrogens with zero attached hydrogens (tertiary/aromatic N) is 1. The number of amides is 2. The number of benzene rings is 1.